The van der Waals surface area contributed by atoms with E-state index in [1.165, 1.54) is 39.8 Å². The van der Waals surface area contributed by atoms with Gasteiger partial charge in [-0.2, -0.15) is 0 Å². The van der Waals surface area contributed by atoms with Crippen molar-refractivity contribution in [2.24, 2.45) is 0 Å². The molecule has 2 heterocycles. The first-order chi connectivity index (χ1) is 16.0. The zero-order chi connectivity index (χ0) is 23.0. The number of carbonyl (C=O) groups excluding carboxylic acids is 1. The van der Waals surface area contributed by atoms with E-state index in [4.69, 9.17) is 4.74 Å². The van der Waals surface area contributed by atoms with Crippen LogP contribution in [0.2, 0.25) is 0 Å². The second-order valence-electron chi connectivity index (χ2n) is 8.10. The minimum absolute atomic E-state index is 0.00621. The summed E-state index contributed by atoms with van der Waals surface area (Å²) in [6.07, 6.45) is 0.00621. The molecule has 4 rings (SSSR count). The van der Waals surface area contributed by atoms with E-state index in [-0.39, 0.29) is 12.0 Å². The van der Waals surface area contributed by atoms with Crippen molar-refractivity contribution in [1.82, 2.24) is 20.4 Å². The molecule has 7 nitrogen and oxygen atoms in total. The Labute approximate surface area is 202 Å². The molecule has 33 heavy (non-hydrogen) atoms. The summed E-state index contributed by atoms with van der Waals surface area (Å²) in [5.41, 5.74) is 4.75. The predicted molar refractivity (Wildman–Crippen MR) is 134 cm³/mol. The predicted octanol–water partition coefficient (Wildman–Crippen LogP) is 4.01. The number of aryl methyl sites for hydroxylation is 2. The van der Waals surface area contributed by atoms with E-state index in [0.29, 0.717) is 18.9 Å². The molecule has 0 spiro atoms. The maximum absolute atomic E-state index is 12.3. The Kier molecular flexibility index (Phi) is 8.33. The van der Waals surface area contributed by atoms with Crippen molar-refractivity contribution in [2.75, 3.05) is 37.3 Å². The fourth-order valence-corrected chi connectivity index (χ4v) is 5.16. The highest BCUT2D eigenvalue weighted by molar-refractivity contribution is 8.01. The molecule has 9 heteroatoms. The largest absolute Gasteiger partial charge is 0.374 e. The molecule has 2 aromatic carbocycles. The van der Waals surface area contributed by atoms with Crippen molar-refractivity contribution >= 4 is 39.8 Å². The number of benzene rings is 2. The SMILES string of the molecule is Cc1ccc(Nc2nnc(SCC(=O)NCC3CN(Cc4ccccc4)CCO3)s2)cc1C. The lowest BCUT2D eigenvalue weighted by molar-refractivity contribution is -0.119. The van der Waals surface area contributed by atoms with E-state index in [9.17, 15) is 4.79 Å². The molecule has 1 unspecified atom stereocenters. The number of aromatic nitrogens is 2. The van der Waals surface area contributed by atoms with Gasteiger partial charge in [0.2, 0.25) is 11.0 Å². The maximum Gasteiger partial charge on any atom is 0.230 e. The number of hydrogen-bond donors (Lipinski definition) is 2. The van der Waals surface area contributed by atoms with Gasteiger partial charge < -0.3 is 15.4 Å². The second-order valence-corrected chi connectivity index (χ2v) is 10.3. The van der Waals surface area contributed by atoms with E-state index in [1.807, 2.05) is 12.1 Å². The van der Waals surface area contributed by atoms with Gasteiger partial charge in [-0.1, -0.05) is 59.5 Å². The van der Waals surface area contributed by atoms with E-state index in [0.717, 1.165) is 34.8 Å². The van der Waals surface area contributed by atoms with Crippen LogP contribution in [0, 0.1) is 13.8 Å². The molecule has 1 aromatic heterocycles. The zero-order valence-electron chi connectivity index (χ0n) is 18.9. The lowest BCUT2D eigenvalue weighted by atomic mass is 10.1. The summed E-state index contributed by atoms with van der Waals surface area (Å²) in [7, 11) is 0. The van der Waals surface area contributed by atoms with E-state index in [2.05, 4.69) is 76.0 Å². The zero-order valence-corrected chi connectivity index (χ0v) is 20.5. The number of morpholine rings is 1. The third-order valence-electron chi connectivity index (χ3n) is 5.49. The number of carbonyl (C=O) groups is 1. The normalized spacial score (nSPS) is 16.5. The third-order valence-corrected chi connectivity index (χ3v) is 7.46. The summed E-state index contributed by atoms with van der Waals surface area (Å²) in [6.45, 7) is 7.99. The first-order valence-corrected chi connectivity index (χ1v) is 12.8. The van der Waals surface area contributed by atoms with E-state index < -0.39 is 0 Å². The first-order valence-electron chi connectivity index (χ1n) is 11.0. The smallest absolute Gasteiger partial charge is 0.230 e. The van der Waals surface area contributed by atoms with Crippen LogP contribution in [0.3, 0.4) is 0 Å². The molecular formula is C24H29N5O2S2. The van der Waals surface area contributed by atoms with Crippen LogP contribution in [0.4, 0.5) is 10.8 Å². The van der Waals surface area contributed by atoms with Crippen LogP contribution in [-0.2, 0) is 16.1 Å². The fraction of sp³-hybridized carbons (Fsp3) is 0.375. The average Bonchev–Trinajstić information content (AvgIpc) is 3.27. The summed E-state index contributed by atoms with van der Waals surface area (Å²) in [5, 5.41) is 15.4. The topological polar surface area (TPSA) is 79.4 Å². The van der Waals surface area contributed by atoms with Crippen LogP contribution >= 0.6 is 23.1 Å². The van der Waals surface area contributed by atoms with Crippen molar-refractivity contribution in [3.8, 4) is 0 Å². The van der Waals surface area contributed by atoms with Gasteiger partial charge in [0.1, 0.15) is 0 Å². The molecule has 2 N–H and O–H groups in total. The molecule has 0 radical (unpaired) electrons. The van der Waals surface area contributed by atoms with E-state index in [1.54, 1.807) is 0 Å². The minimum Gasteiger partial charge on any atom is -0.374 e. The van der Waals surface area contributed by atoms with Crippen LogP contribution in [-0.4, -0.2) is 59.1 Å². The van der Waals surface area contributed by atoms with Crippen molar-refractivity contribution in [3.05, 3.63) is 65.2 Å². The number of nitrogens with zero attached hydrogens (tertiary/aromatic N) is 3. The number of hydrogen-bond acceptors (Lipinski definition) is 8. The molecule has 0 bridgehead atoms. The molecule has 1 saturated heterocycles. The molecule has 1 fully saturated rings. The molecule has 1 aliphatic rings. The highest BCUT2D eigenvalue weighted by atomic mass is 32.2. The molecule has 0 aliphatic carbocycles. The molecule has 3 aromatic rings. The van der Waals surface area contributed by atoms with Crippen LogP contribution in [0.1, 0.15) is 16.7 Å². The second kappa shape index (κ2) is 11.6. The fourth-order valence-electron chi connectivity index (χ4n) is 3.56. The average molecular weight is 484 g/mol. The maximum atomic E-state index is 12.3. The van der Waals surface area contributed by atoms with Gasteiger partial charge in [0, 0.05) is 31.9 Å². The Morgan fingerprint density at radius 1 is 1.18 bits per heavy atom. The monoisotopic (exact) mass is 483 g/mol. The van der Waals surface area contributed by atoms with Gasteiger partial charge in [-0.25, -0.2) is 0 Å². The number of thioether (sulfide) groups is 1. The summed E-state index contributed by atoms with van der Waals surface area (Å²) < 4.78 is 6.61. The van der Waals surface area contributed by atoms with Crippen molar-refractivity contribution in [2.45, 2.75) is 30.8 Å². The van der Waals surface area contributed by atoms with Gasteiger partial charge >= 0.3 is 0 Å². The Balaban J connectivity index is 1.18. The highest BCUT2D eigenvalue weighted by Crippen LogP contribution is 2.28. The number of rotatable bonds is 9. The Morgan fingerprint density at radius 3 is 2.85 bits per heavy atom. The summed E-state index contributed by atoms with van der Waals surface area (Å²) >= 11 is 2.84. The third kappa shape index (κ3) is 7.26. The number of nitrogens with one attached hydrogen (secondary N) is 2. The van der Waals surface area contributed by atoms with Crippen LogP contribution in [0.25, 0.3) is 0 Å². The summed E-state index contributed by atoms with van der Waals surface area (Å²) in [5.74, 6) is 0.279. The first kappa shape index (κ1) is 23.7. The van der Waals surface area contributed by atoms with Gasteiger partial charge in [0.25, 0.3) is 0 Å². The van der Waals surface area contributed by atoms with Gasteiger partial charge in [-0.3, -0.25) is 9.69 Å². The molecule has 0 saturated carbocycles. The number of anilines is 2. The minimum atomic E-state index is -0.0253. The number of ether oxygens (including phenoxy) is 1. The Hall–Kier alpha value is -2.46. The Morgan fingerprint density at radius 2 is 2.03 bits per heavy atom. The van der Waals surface area contributed by atoms with Crippen LogP contribution < -0.4 is 10.6 Å². The van der Waals surface area contributed by atoms with Gasteiger partial charge in [-0.05, 0) is 42.7 Å². The molecule has 1 amide bonds. The summed E-state index contributed by atoms with van der Waals surface area (Å²) in [4.78, 5) is 14.7. The highest BCUT2D eigenvalue weighted by Gasteiger charge is 2.21. The molecule has 1 aliphatic heterocycles. The van der Waals surface area contributed by atoms with Crippen LogP contribution in [0.15, 0.2) is 52.9 Å². The van der Waals surface area contributed by atoms with E-state index >= 15 is 0 Å². The Bertz CT molecular complexity index is 1060. The molecule has 1 atom stereocenters. The lowest BCUT2D eigenvalue weighted by Gasteiger charge is -2.33. The standard InChI is InChI=1S/C24H29N5O2S2/c1-17-8-9-20(12-18(17)2)26-23-27-28-24(33-23)32-16-22(30)25-13-21-15-29(10-11-31-21)14-19-6-4-3-5-7-19/h3-9,12,21H,10-11,13-16H2,1-2H3,(H,25,30)(H,26,27). The summed E-state index contributed by atoms with van der Waals surface area (Å²) in [6, 6.07) is 16.6. The lowest BCUT2D eigenvalue weighted by Crippen LogP contribution is -2.47. The van der Waals surface area contributed by atoms with Crippen LogP contribution in [0.5, 0.6) is 0 Å². The molecular weight excluding hydrogens is 454 g/mol. The van der Waals surface area contributed by atoms with Crippen molar-refractivity contribution in [1.29, 1.82) is 0 Å². The van der Waals surface area contributed by atoms with Crippen molar-refractivity contribution < 1.29 is 9.53 Å². The number of amides is 1. The quantitative estimate of drug-likeness (QED) is 0.445. The molecule has 174 valence electrons. The van der Waals surface area contributed by atoms with Gasteiger partial charge in [0.15, 0.2) is 4.34 Å². The van der Waals surface area contributed by atoms with Crippen molar-refractivity contribution in [3.63, 3.8) is 0 Å². The van der Waals surface area contributed by atoms with Gasteiger partial charge in [0.05, 0.1) is 18.5 Å². The van der Waals surface area contributed by atoms with Gasteiger partial charge in [-0.15, -0.1) is 10.2 Å².